The predicted molar refractivity (Wildman–Crippen MR) is 126 cm³/mol. The molecule has 0 N–H and O–H groups in total. The second kappa shape index (κ2) is 9.96. The lowest BCUT2D eigenvalue weighted by Gasteiger charge is -2.17. The lowest BCUT2D eigenvalue weighted by Crippen LogP contribution is -2.33. The van der Waals surface area contributed by atoms with Crippen molar-refractivity contribution in [2.45, 2.75) is 13.0 Å². The van der Waals surface area contributed by atoms with Crippen molar-refractivity contribution in [3.8, 4) is 5.75 Å². The average Bonchev–Trinajstić information content (AvgIpc) is 3.19. The number of hydrogen-bond acceptors (Lipinski definition) is 3. The molecule has 1 aromatic heterocycles. The molecule has 0 aliphatic carbocycles. The third-order valence-electron chi connectivity index (χ3n) is 5.57. The van der Waals surface area contributed by atoms with Crippen LogP contribution in [0.1, 0.15) is 21.5 Å². The Balaban J connectivity index is 1.41. The van der Waals surface area contributed by atoms with Crippen molar-refractivity contribution >= 4 is 23.1 Å². The molecule has 4 aromatic rings. The molecule has 1 heterocycles. The Morgan fingerprint density at radius 3 is 2.34 bits per heavy atom. The summed E-state index contributed by atoms with van der Waals surface area (Å²) in [4.78, 5) is 25.8. The maximum Gasteiger partial charge on any atom is 0.260 e. The molecule has 5 heteroatoms. The van der Waals surface area contributed by atoms with Gasteiger partial charge in [-0.3, -0.25) is 9.59 Å². The Labute approximate surface area is 187 Å². The molecule has 0 unspecified atom stereocenters. The zero-order valence-electron chi connectivity index (χ0n) is 18.1. The molecule has 0 spiro atoms. The summed E-state index contributed by atoms with van der Waals surface area (Å²) in [5.74, 6) is 0.487. The quantitative estimate of drug-likeness (QED) is 0.368. The van der Waals surface area contributed by atoms with Crippen molar-refractivity contribution in [3.05, 3.63) is 102 Å². The highest BCUT2D eigenvalue weighted by Gasteiger charge is 2.13. The zero-order chi connectivity index (χ0) is 22.3. The Bertz CT molecular complexity index is 1200. The van der Waals surface area contributed by atoms with Crippen molar-refractivity contribution < 1.29 is 14.3 Å². The van der Waals surface area contributed by atoms with E-state index in [1.54, 1.807) is 11.9 Å². The van der Waals surface area contributed by atoms with Crippen LogP contribution in [0.4, 0.5) is 0 Å². The summed E-state index contributed by atoms with van der Waals surface area (Å²) in [6.45, 7) is 1.26. The summed E-state index contributed by atoms with van der Waals surface area (Å²) >= 11 is 0. The minimum absolute atomic E-state index is 0.0437. The summed E-state index contributed by atoms with van der Waals surface area (Å²) in [5, 5.41) is 0.818. The van der Waals surface area contributed by atoms with Crippen molar-refractivity contribution in [2.75, 3.05) is 20.2 Å². The standard InChI is InChI=1S/C27H26N2O3/c1-28(15-14-21-8-4-2-5-9-21)27(31)20-32-24-12-13-26-25(16-24)23(19-30)18-29(26)17-22-10-6-3-7-11-22/h2-13,16,18-19H,14-15,17,20H2,1H3. The number of benzene rings is 3. The van der Waals surface area contributed by atoms with Crippen molar-refractivity contribution in [2.24, 2.45) is 0 Å². The number of nitrogens with zero attached hydrogens (tertiary/aromatic N) is 2. The Morgan fingerprint density at radius 2 is 1.66 bits per heavy atom. The fourth-order valence-electron chi connectivity index (χ4n) is 3.72. The molecule has 0 radical (unpaired) electrons. The van der Waals surface area contributed by atoms with E-state index in [1.807, 2.05) is 60.8 Å². The molecule has 5 nitrogen and oxygen atoms in total. The second-order valence-electron chi connectivity index (χ2n) is 7.83. The zero-order valence-corrected chi connectivity index (χ0v) is 18.1. The molecule has 162 valence electrons. The van der Waals surface area contributed by atoms with Crippen LogP contribution in [0, 0.1) is 0 Å². The SMILES string of the molecule is CN(CCc1ccccc1)C(=O)COc1ccc2c(c1)c(C=O)cn2Cc1ccccc1. The third kappa shape index (κ3) is 5.06. The minimum atomic E-state index is -0.0849. The number of hydrogen-bond donors (Lipinski definition) is 0. The fraction of sp³-hybridized carbons (Fsp3) is 0.185. The molecule has 0 atom stereocenters. The normalized spacial score (nSPS) is 10.8. The van der Waals surface area contributed by atoms with E-state index in [0.29, 0.717) is 24.4 Å². The molecule has 0 aliphatic heterocycles. The van der Waals surface area contributed by atoms with E-state index in [2.05, 4.69) is 28.8 Å². The van der Waals surface area contributed by atoms with Gasteiger partial charge in [-0.05, 0) is 35.7 Å². The first-order valence-corrected chi connectivity index (χ1v) is 10.7. The maximum atomic E-state index is 12.5. The monoisotopic (exact) mass is 426 g/mol. The molecule has 4 rings (SSSR count). The highest BCUT2D eigenvalue weighted by Crippen LogP contribution is 2.26. The third-order valence-corrected chi connectivity index (χ3v) is 5.57. The van der Waals surface area contributed by atoms with Gasteiger partial charge in [0.2, 0.25) is 0 Å². The first kappa shape index (κ1) is 21.4. The van der Waals surface area contributed by atoms with Crippen LogP contribution < -0.4 is 4.74 Å². The summed E-state index contributed by atoms with van der Waals surface area (Å²) < 4.78 is 7.82. The molecule has 0 fully saturated rings. The van der Waals surface area contributed by atoms with E-state index < -0.39 is 0 Å². The van der Waals surface area contributed by atoms with Gasteiger partial charge in [-0.2, -0.15) is 0 Å². The molecule has 0 bridgehead atoms. The van der Waals surface area contributed by atoms with Crippen LogP contribution in [0.25, 0.3) is 10.9 Å². The van der Waals surface area contributed by atoms with E-state index in [1.165, 1.54) is 5.56 Å². The van der Waals surface area contributed by atoms with Crippen molar-refractivity contribution in [1.82, 2.24) is 9.47 Å². The van der Waals surface area contributed by atoms with E-state index >= 15 is 0 Å². The summed E-state index contributed by atoms with van der Waals surface area (Å²) in [7, 11) is 1.78. The lowest BCUT2D eigenvalue weighted by atomic mass is 10.1. The van der Waals surface area contributed by atoms with Gasteiger partial charge in [-0.25, -0.2) is 0 Å². The molecular formula is C27H26N2O3. The molecule has 3 aromatic carbocycles. The van der Waals surface area contributed by atoms with Crippen LogP contribution >= 0.6 is 0 Å². The van der Waals surface area contributed by atoms with Crippen molar-refractivity contribution in [3.63, 3.8) is 0 Å². The van der Waals surface area contributed by atoms with Gasteiger partial charge in [0.05, 0.1) is 0 Å². The number of rotatable bonds is 9. The van der Waals surface area contributed by atoms with Crippen molar-refractivity contribution in [1.29, 1.82) is 0 Å². The number of ether oxygens (including phenoxy) is 1. The van der Waals surface area contributed by atoms with E-state index in [4.69, 9.17) is 4.74 Å². The highest BCUT2D eigenvalue weighted by atomic mass is 16.5. The van der Waals surface area contributed by atoms with Gasteiger partial charge in [0.1, 0.15) is 5.75 Å². The molecule has 0 aliphatic rings. The molecular weight excluding hydrogens is 400 g/mol. The van der Waals surface area contributed by atoms with Gasteiger partial charge >= 0.3 is 0 Å². The van der Waals surface area contributed by atoms with Crippen LogP contribution in [0.3, 0.4) is 0 Å². The van der Waals surface area contributed by atoms with Crippen LogP contribution in [0.15, 0.2) is 85.1 Å². The van der Waals surface area contributed by atoms with Gasteiger partial charge < -0.3 is 14.2 Å². The Kier molecular flexibility index (Phi) is 6.66. The topological polar surface area (TPSA) is 51.5 Å². The number of aromatic nitrogens is 1. The van der Waals surface area contributed by atoms with E-state index in [9.17, 15) is 9.59 Å². The number of carbonyl (C=O) groups is 2. The maximum absolute atomic E-state index is 12.5. The first-order valence-electron chi connectivity index (χ1n) is 10.7. The number of amides is 1. The van der Waals surface area contributed by atoms with Crippen LogP contribution in [-0.2, 0) is 17.8 Å². The van der Waals surface area contributed by atoms with E-state index in [0.717, 1.165) is 29.2 Å². The number of fused-ring (bicyclic) bond motifs is 1. The average molecular weight is 427 g/mol. The van der Waals surface area contributed by atoms with Gasteiger partial charge in [-0.15, -0.1) is 0 Å². The van der Waals surface area contributed by atoms with Crippen LogP contribution in [-0.4, -0.2) is 41.9 Å². The fourth-order valence-corrected chi connectivity index (χ4v) is 3.72. The Hall–Kier alpha value is -3.86. The summed E-state index contributed by atoms with van der Waals surface area (Å²) in [6.07, 6.45) is 3.51. The molecule has 0 saturated heterocycles. The summed E-state index contributed by atoms with van der Waals surface area (Å²) in [5.41, 5.74) is 3.91. The number of carbonyl (C=O) groups excluding carboxylic acids is 2. The predicted octanol–water partition coefficient (Wildman–Crippen LogP) is 4.58. The largest absolute Gasteiger partial charge is 0.484 e. The van der Waals surface area contributed by atoms with E-state index in [-0.39, 0.29) is 12.5 Å². The van der Waals surface area contributed by atoms with Crippen LogP contribution in [0.5, 0.6) is 5.75 Å². The lowest BCUT2D eigenvalue weighted by molar-refractivity contribution is -0.132. The number of likely N-dealkylation sites (N-methyl/N-ethyl adjacent to an activating group) is 1. The smallest absolute Gasteiger partial charge is 0.260 e. The summed E-state index contributed by atoms with van der Waals surface area (Å²) in [6, 6.07) is 25.8. The molecule has 0 saturated carbocycles. The van der Waals surface area contributed by atoms with Crippen LogP contribution in [0.2, 0.25) is 0 Å². The van der Waals surface area contributed by atoms with Gasteiger partial charge in [0.15, 0.2) is 12.9 Å². The number of aldehydes is 1. The molecule has 32 heavy (non-hydrogen) atoms. The first-order chi connectivity index (χ1) is 15.6. The second-order valence-corrected chi connectivity index (χ2v) is 7.83. The van der Waals surface area contributed by atoms with Gasteiger partial charge in [0.25, 0.3) is 5.91 Å². The van der Waals surface area contributed by atoms with Gasteiger partial charge in [-0.1, -0.05) is 60.7 Å². The Morgan fingerprint density at radius 1 is 0.969 bits per heavy atom. The van der Waals surface area contributed by atoms with Gasteiger partial charge in [0, 0.05) is 42.8 Å². The highest BCUT2D eigenvalue weighted by molar-refractivity contribution is 5.98. The molecule has 1 amide bonds. The minimum Gasteiger partial charge on any atom is -0.484 e.